The largest absolute Gasteiger partial charge is 0.450 e. The Kier molecular flexibility index (Phi) is 5.69. The van der Waals surface area contributed by atoms with Crippen molar-refractivity contribution in [2.45, 2.75) is 32.2 Å². The summed E-state index contributed by atoms with van der Waals surface area (Å²) in [7, 11) is 0. The van der Waals surface area contributed by atoms with Gasteiger partial charge in [-0.15, -0.1) is 0 Å². The van der Waals surface area contributed by atoms with E-state index in [2.05, 4.69) is 4.98 Å². The Morgan fingerprint density at radius 2 is 1.90 bits per heavy atom. The van der Waals surface area contributed by atoms with Crippen LogP contribution in [0.25, 0.3) is 0 Å². The molecule has 1 aromatic carbocycles. The van der Waals surface area contributed by atoms with Gasteiger partial charge in [-0.2, -0.15) is 0 Å². The number of carbonyl (C=O) groups excluding carboxylic acids is 2. The lowest BCUT2D eigenvalue weighted by Crippen LogP contribution is -2.50. The van der Waals surface area contributed by atoms with Crippen LogP contribution in [0.15, 0.2) is 24.4 Å². The maximum Gasteiger partial charge on any atom is 0.409 e. The Balaban J connectivity index is 1.42. The van der Waals surface area contributed by atoms with Gasteiger partial charge in [-0.3, -0.25) is 4.79 Å². The topological polar surface area (TPSA) is 67.7 Å². The van der Waals surface area contributed by atoms with Gasteiger partial charge in [0.25, 0.3) is 5.91 Å². The minimum absolute atomic E-state index is 0.168. The normalized spacial score (nSPS) is 18.8. The lowest BCUT2D eigenvalue weighted by molar-refractivity contribution is 0.0566. The molecule has 7 nitrogen and oxygen atoms in total. The van der Waals surface area contributed by atoms with Gasteiger partial charge in [0.05, 0.1) is 6.61 Å². The molecule has 3 heterocycles. The highest BCUT2D eigenvalue weighted by Crippen LogP contribution is 2.31. The van der Waals surface area contributed by atoms with Crippen molar-refractivity contribution in [3.8, 4) is 0 Å². The number of fused-ring (bicyclic) bond motifs is 1. The number of halogens is 2. The summed E-state index contributed by atoms with van der Waals surface area (Å²) in [5.41, 5.74) is 0.701. The van der Waals surface area contributed by atoms with Crippen LogP contribution in [-0.4, -0.2) is 64.1 Å². The van der Waals surface area contributed by atoms with Crippen molar-refractivity contribution in [1.29, 1.82) is 0 Å². The summed E-state index contributed by atoms with van der Waals surface area (Å²) in [6.45, 7) is 4.18. The Morgan fingerprint density at radius 3 is 2.63 bits per heavy atom. The molecule has 2 aliphatic rings. The van der Waals surface area contributed by atoms with Crippen molar-refractivity contribution in [1.82, 2.24) is 19.4 Å². The third kappa shape index (κ3) is 4.01. The molecule has 1 atom stereocenters. The highest BCUT2D eigenvalue weighted by molar-refractivity contribution is 5.92. The number of carbonyl (C=O) groups is 2. The molecule has 9 heteroatoms. The third-order valence-electron chi connectivity index (χ3n) is 5.70. The van der Waals surface area contributed by atoms with E-state index >= 15 is 0 Å². The molecular weight excluding hydrogens is 394 g/mol. The number of nitrogens with zero attached hydrogens (tertiary/aromatic N) is 4. The fourth-order valence-corrected chi connectivity index (χ4v) is 4.10. The van der Waals surface area contributed by atoms with Gasteiger partial charge in [-0.1, -0.05) is 0 Å². The van der Waals surface area contributed by atoms with Gasteiger partial charge in [0.2, 0.25) is 0 Å². The number of amides is 2. The summed E-state index contributed by atoms with van der Waals surface area (Å²) in [4.78, 5) is 32.4. The molecule has 1 fully saturated rings. The van der Waals surface area contributed by atoms with E-state index < -0.39 is 11.6 Å². The Hall–Kier alpha value is -2.97. The van der Waals surface area contributed by atoms with Gasteiger partial charge < -0.3 is 19.1 Å². The predicted octanol–water partition coefficient (Wildman–Crippen LogP) is 2.81. The predicted molar refractivity (Wildman–Crippen MR) is 104 cm³/mol. The van der Waals surface area contributed by atoms with Crippen LogP contribution in [0, 0.1) is 11.6 Å². The van der Waals surface area contributed by atoms with E-state index in [4.69, 9.17) is 4.74 Å². The van der Waals surface area contributed by atoms with Gasteiger partial charge in [0, 0.05) is 51.3 Å². The number of imidazole rings is 1. The van der Waals surface area contributed by atoms with Crippen molar-refractivity contribution in [3.05, 3.63) is 53.1 Å². The number of aromatic nitrogens is 2. The monoisotopic (exact) mass is 418 g/mol. The van der Waals surface area contributed by atoms with Crippen LogP contribution in [-0.2, 0) is 17.7 Å². The second-order valence-corrected chi connectivity index (χ2v) is 7.57. The first-order valence-corrected chi connectivity index (χ1v) is 10.2. The number of ether oxygens (including phenoxy) is 1. The molecule has 1 aromatic heterocycles. The molecule has 0 unspecified atom stereocenters. The van der Waals surface area contributed by atoms with Gasteiger partial charge in [0.15, 0.2) is 0 Å². The molecule has 0 bridgehead atoms. The molecule has 1 saturated heterocycles. The number of benzene rings is 1. The average molecular weight is 418 g/mol. The molecular formula is C21H24F2N4O3. The molecule has 4 rings (SSSR count). The number of aryl methyl sites for hydroxylation is 1. The summed E-state index contributed by atoms with van der Waals surface area (Å²) in [6, 6.07) is 3.51. The van der Waals surface area contributed by atoms with E-state index in [1.165, 1.54) is 6.07 Å². The first-order chi connectivity index (χ1) is 14.5. The number of hydrogen-bond acceptors (Lipinski definition) is 4. The molecule has 160 valence electrons. The van der Waals surface area contributed by atoms with E-state index in [-0.39, 0.29) is 17.9 Å². The van der Waals surface area contributed by atoms with E-state index in [0.717, 1.165) is 18.0 Å². The Morgan fingerprint density at radius 1 is 1.17 bits per heavy atom. The molecule has 0 aliphatic carbocycles. The van der Waals surface area contributed by atoms with Gasteiger partial charge in [0.1, 0.15) is 23.2 Å². The van der Waals surface area contributed by atoms with Gasteiger partial charge in [-0.05, 0) is 37.1 Å². The minimum Gasteiger partial charge on any atom is -0.450 e. The highest BCUT2D eigenvalue weighted by Gasteiger charge is 2.29. The SMILES string of the molecule is CCOC(=O)N1CCN(C(=O)c2cn3c(n2)CC[C@H](c2cc(F)ccc2F)C3)CC1. The van der Waals surface area contributed by atoms with Crippen molar-refractivity contribution >= 4 is 12.0 Å². The smallest absolute Gasteiger partial charge is 0.409 e. The van der Waals surface area contributed by atoms with Crippen LogP contribution in [0.2, 0.25) is 0 Å². The van der Waals surface area contributed by atoms with Crippen LogP contribution in [0.5, 0.6) is 0 Å². The molecule has 0 N–H and O–H groups in total. The zero-order valence-electron chi connectivity index (χ0n) is 16.8. The van der Waals surface area contributed by atoms with Crippen LogP contribution in [0.3, 0.4) is 0 Å². The fraction of sp³-hybridized carbons (Fsp3) is 0.476. The highest BCUT2D eigenvalue weighted by atomic mass is 19.1. The zero-order valence-corrected chi connectivity index (χ0v) is 16.8. The maximum absolute atomic E-state index is 14.2. The summed E-state index contributed by atoms with van der Waals surface area (Å²) < 4.78 is 34.6. The maximum atomic E-state index is 14.2. The fourth-order valence-electron chi connectivity index (χ4n) is 4.10. The molecule has 0 spiro atoms. The summed E-state index contributed by atoms with van der Waals surface area (Å²) in [5.74, 6) is -0.453. The standard InChI is InChI=1S/C21H24F2N4O3/c1-2-30-21(29)26-9-7-25(8-10-26)20(28)18-13-27-12-14(3-6-19(27)24-18)16-11-15(22)4-5-17(16)23/h4-5,11,13-14H,2-3,6-10,12H2,1H3/t14-/m0/s1. The van der Waals surface area contributed by atoms with Crippen LogP contribution >= 0.6 is 0 Å². The minimum atomic E-state index is -0.458. The van der Waals surface area contributed by atoms with E-state index in [1.54, 1.807) is 22.9 Å². The summed E-state index contributed by atoms with van der Waals surface area (Å²) in [5, 5.41) is 0. The quantitative estimate of drug-likeness (QED) is 0.769. The van der Waals surface area contributed by atoms with Crippen molar-refractivity contribution < 1.29 is 23.1 Å². The number of rotatable bonds is 3. The zero-order chi connectivity index (χ0) is 21.3. The van der Waals surface area contributed by atoms with E-state index in [9.17, 15) is 18.4 Å². The molecule has 2 aliphatic heterocycles. The number of piperazine rings is 1. The van der Waals surface area contributed by atoms with E-state index in [0.29, 0.717) is 63.4 Å². The molecule has 0 radical (unpaired) electrons. The van der Waals surface area contributed by atoms with Gasteiger partial charge >= 0.3 is 6.09 Å². The lowest BCUT2D eigenvalue weighted by atomic mass is 9.91. The molecule has 2 aromatic rings. The number of hydrogen-bond donors (Lipinski definition) is 0. The first-order valence-electron chi connectivity index (χ1n) is 10.2. The molecule has 30 heavy (non-hydrogen) atoms. The van der Waals surface area contributed by atoms with Crippen molar-refractivity contribution in [2.75, 3.05) is 32.8 Å². The van der Waals surface area contributed by atoms with Crippen LogP contribution in [0.1, 0.15) is 41.1 Å². The third-order valence-corrected chi connectivity index (χ3v) is 5.70. The van der Waals surface area contributed by atoms with Crippen LogP contribution < -0.4 is 0 Å². The van der Waals surface area contributed by atoms with Gasteiger partial charge in [-0.25, -0.2) is 18.6 Å². The molecule has 2 amide bonds. The lowest BCUT2D eigenvalue weighted by Gasteiger charge is -2.33. The van der Waals surface area contributed by atoms with Crippen LogP contribution in [0.4, 0.5) is 13.6 Å². The van der Waals surface area contributed by atoms with E-state index in [1.807, 2.05) is 4.57 Å². The first kappa shape index (κ1) is 20.3. The second-order valence-electron chi connectivity index (χ2n) is 7.57. The second kappa shape index (κ2) is 8.41. The summed E-state index contributed by atoms with van der Waals surface area (Å²) >= 11 is 0. The summed E-state index contributed by atoms with van der Waals surface area (Å²) in [6.07, 6.45) is 2.56. The Labute approximate surface area is 173 Å². The average Bonchev–Trinajstić information content (AvgIpc) is 3.18. The van der Waals surface area contributed by atoms with Crippen molar-refractivity contribution in [2.24, 2.45) is 0 Å². The Bertz CT molecular complexity index is 954. The van der Waals surface area contributed by atoms with Crippen molar-refractivity contribution in [3.63, 3.8) is 0 Å². The molecule has 0 saturated carbocycles.